The van der Waals surface area contributed by atoms with Crippen LogP contribution in [0, 0.1) is 5.82 Å². The second-order valence-corrected chi connectivity index (χ2v) is 6.16. The highest BCUT2D eigenvalue weighted by Gasteiger charge is 2.17. The SMILES string of the molecule is COc1cc2c(cc1F)c(C(=O)O)cn2Cc1ccc2ccccc2c1. The van der Waals surface area contributed by atoms with E-state index in [1.165, 1.54) is 19.2 Å². The molecular formula is C21H16FNO3. The first-order valence-electron chi connectivity index (χ1n) is 8.14. The van der Waals surface area contributed by atoms with Gasteiger partial charge >= 0.3 is 5.97 Å². The van der Waals surface area contributed by atoms with E-state index in [4.69, 9.17) is 4.74 Å². The first kappa shape index (κ1) is 16.1. The van der Waals surface area contributed by atoms with E-state index < -0.39 is 11.8 Å². The molecule has 0 saturated carbocycles. The molecule has 4 rings (SSSR count). The summed E-state index contributed by atoms with van der Waals surface area (Å²) in [6.45, 7) is 0.476. The van der Waals surface area contributed by atoms with Gasteiger partial charge in [0, 0.05) is 24.2 Å². The van der Waals surface area contributed by atoms with Crippen LogP contribution >= 0.6 is 0 Å². The third kappa shape index (κ3) is 2.67. The molecule has 0 unspecified atom stereocenters. The maximum Gasteiger partial charge on any atom is 0.337 e. The zero-order chi connectivity index (χ0) is 18.3. The van der Waals surface area contributed by atoms with Gasteiger partial charge in [-0.2, -0.15) is 0 Å². The van der Waals surface area contributed by atoms with E-state index >= 15 is 0 Å². The molecule has 26 heavy (non-hydrogen) atoms. The summed E-state index contributed by atoms with van der Waals surface area (Å²) in [5.41, 5.74) is 1.72. The maximum atomic E-state index is 14.0. The lowest BCUT2D eigenvalue weighted by Crippen LogP contribution is -1.99. The molecule has 5 heteroatoms. The molecule has 4 nitrogen and oxygen atoms in total. The summed E-state index contributed by atoms with van der Waals surface area (Å²) in [4.78, 5) is 11.6. The molecule has 0 aliphatic rings. The molecule has 130 valence electrons. The summed E-state index contributed by atoms with van der Waals surface area (Å²) in [5, 5.41) is 12.1. The van der Waals surface area contributed by atoms with Gasteiger partial charge in [0.15, 0.2) is 11.6 Å². The van der Waals surface area contributed by atoms with Crippen LogP contribution in [0.2, 0.25) is 0 Å². The molecule has 0 amide bonds. The number of rotatable bonds is 4. The normalized spacial score (nSPS) is 11.2. The predicted molar refractivity (Wildman–Crippen MR) is 98.5 cm³/mol. The van der Waals surface area contributed by atoms with Crippen molar-refractivity contribution in [3.8, 4) is 5.75 Å². The molecule has 0 aliphatic heterocycles. The minimum atomic E-state index is -1.09. The van der Waals surface area contributed by atoms with Crippen molar-refractivity contribution in [3.63, 3.8) is 0 Å². The molecule has 0 saturated heterocycles. The third-order valence-corrected chi connectivity index (χ3v) is 4.55. The molecule has 4 aromatic rings. The van der Waals surface area contributed by atoms with Crippen molar-refractivity contribution < 1.29 is 19.0 Å². The highest BCUT2D eigenvalue weighted by atomic mass is 19.1. The van der Waals surface area contributed by atoms with Gasteiger partial charge in [0.05, 0.1) is 18.2 Å². The number of hydrogen-bond acceptors (Lipinski definition) is 2. The lowest BCUT2D eigenvalue weighted by atomic mass is 10.1. The summed E-state index contributed by atoms with van der Waals surface area (Å²) in [6, 6.07) is 16.9. The van der Waals surface area contributed by atoms with Crippen LogP contribution in [0.5, 0.6) is 5.75 Å². The van der Waals surface area contributed by atoms with Crippen molar-refractivity contribution in [2.24, 2.45) is 0 Å². The molecule has 0 radical (unpaired) electrons. The number of nitrogens with zero attached hydrogens (tertiary/aromatic N) is 1. The molecule has 0 aliphatic carbocycles. The van der Waals surface area contributed by atoms with E-state index in [1.54, 1.807) is 6.20 Å². The highest BCUT2D eigenvalue weighted by molar-refractivity contribution is 6.04. The van der Waals surface area contributed by atoms with Gasteiger partial charge in [-0.3, -0.25) is 0 Å². The van der Waals surface area contributed by atoms with E-state index in [-0.39, 0.29) is 11.3 Å². The summed E-state index contributed by atoms with van der Waals surface area (Å²) in [6.07, 6.45) is 1.54. The Morgan fingerprint density at radius 1 is 1.12 bits per heavy atom. The molecule has 0 spiro atoms. The van der Waals surface area contributed by atoms with Gasteiger partial charge in [-0.15, -0.1) is 0 Å². The zero-order valence-corrected chi connectivity index (χ0v) is 14.1. The first-order chi connectivity index (χ1) is 12.6. The number of benzene rings is 3. The topological polar surface area (TPSA) is 51.5 Å². The third-order valence-electron chi connectivity index (χ3n) is 4.55. The summed E-state index contributed by atoms with van der Waals surface area (Å²) in [5.74, 6) is -1.57. The number of halogens is 1. The number of aromatic nitrogens is 1. The fourth-order valence-corrected chi connectivity index (χ4v) is 3.28. The van der Waals surface area contributed by atoms with Crippen LogP contribution in [-0.4, -0.2) is 22.8 Å². The number of fused-ring (bicyclic) bond motifs is 2. The van der Waals surface area contributed by atoms with Crippen LogP contribution in [0.25, 0.3) is 21.7 Å². The Hall–Kier alpha value is -3.34. The van der Waals surface area contributed by atoms with Gasteiger partial charge in [0.2, 0.25) is 0 Å². The number of aromatic carboxylic acids is 1. The second kappa shape index (κ2) is 6.19. The number of ether oxygens (including phenoxy) is 1. The van der Waals surface area contributed by atoms with Gasteiger partial charge in [-0.05, 0) is 28.5 Å². The first-order valence-corrected chi connectivity index (χ1v) is 8.14. The molecule has 0 atom stereocenters. The molecule has 1 heterocycles. The number of carboxylic acids is 1. The largest absolute Gasteiger partial charge is 0.494 e. The van der Waals surface area contributed by atoms with Crippen molar-refractivity contribution in [1.82, 2.24) is 4.57 Å². The average Bonchev–Trinajstić information content (AvgIpc) is 2.98. The second-order valence-electron chi connectivity index (χ2n) is 6.16. The van der Waals surface area contributed by atoms with Crippen molar-refractivity contribution in [3.05, 3.63) is 77.7 Å². The van der Waals surface area contributed by atoms with E-state index in [9.17, 15) is 14.3 Å². The Morgan fingerprint density at radius 2 is 1.88 bits per heavy atom. The monoisotopic (exact) mass is 349 g/mol. The number of hydrogen-bond donors (Lipinski definition) is 1. The van der Waals surface area contributed by atoms with E-state index in [2.05, 4.69) is 6.07 Å². The van der Waals surface area contributed by atoms with Crippen LogP contribution in [-0.2, 0) is 6.54 Å². The lowest BCUT2D eigenvalue weighted by molar-refractivity contribution is 0.0699. The Morgan fingerprint density at radius 3 is 2.62 bits per heavy atom. The minimum absolute atomic E-state index is 0.0716. The molecule has 0 bridgehead atoms. The van der Waals surface area contributed by atoms with Gasteiger partial charge in [-0.25, -0.2) is 9.18 Å². The van der Waals surface area contributed by atoms with Crippen LogP contribution in [0.1, 0.15) is 15.9 Å². The van der Waals surface area contributed by atoms with Crippen molar-refractivity contribution >= 4 is 27.6 Å². The fourth-order valence-electron chi connectivity index (χ4n) is 3.28. The van der Waals surface area contributed by atoms with Gasteiger partial charge in [-0.1, -0.05) is 36.4 Å². The van der Waals surface area contributed by atoms with Crippen molar-refractivity contribution in [1.29, 1.82) is 0 Å². The smallest absolute Gasteiger partial charge is 0.337 e. The van der Waals surface area contributed by atoms with Crippen molar-refractivity contribution in [2.75, 3.05) is 7.11 Å². The number of carbonyl (C=O) groups is 1. The summed E-state index contributed by atoms with van der Waals surface area (Å²) in [7, 11) is 1.39. The Kier molecular flexibility index (Phi) is 3.84. The van der Waals surface area contributed by atoms with Gasteiger partial charge in [0.25, 0.3) is 0 Å². The lowest BCUT2D eigenvalue weighted by Gasteiger charge is -2.08. The Balaban J connectivity index is 1.85. The Bertz CT molecular complexity index is 1150. The summed E-state index contributed by atoms with van der Waals surface area (Å²) < 4.78 is 20.9. The molecule has 0 fully saturated rings. The Labute approximate surface area is 149 Å². The van der Waals surface area contributed by atoms with E-state index in [0.717, 1.165) is 16.3 Å². The minimum Gasteiger partial charge on any atom is -0.494 e. The van der Waals surface area contributed by atoms with Crippen molar-refractivity contribution in [2.45, 2.75) is 6.54 Å². The predicted octanol–water partition coefficient (Wildman–Crippen LogP) is 4.69. The molecule has 1 aromatic heterocycles. The fraction of sp³-hybridized carbons (Fsp3) is 0.0952. The quantitative estimate of drug-likeness (QED) is 0.581. The van der Waals surface area contributed by atoms with Crippen LogP contribution in [0.15, 0.2) is 60.8 Å². The van der Waals surface area contributed by atoms with E-state index in [0.29, 0.717) is 17.4 Å². The van der Waals surface area contributed by atoms with Crippen LogP contribution < -0.4 is 4.74 Å². The van der Waals surface area contributed by atoms with Gasteiger partial charge in [0.1, 0.15) is 0 Å². The molecule has 1 N–H and O–H groups in total. The van der Waals surface area contributed by atoms with Gasteiger partial charge < -0.3 is 14.4 Å². The van der Waals surface area contributed by atoms with Crippen LogP contribution in [0.4, 0.5) is 4.39 Å². The zero-order valence-electron chi connectivity index (χ0n) is 14.1. The highest BCUT2D eigenvalue weighted by Crippen LogP contribution is 2.29. The van der Waals surface area contributed by atoms with Crippen LogP contribution in [0.3, 0.4) is 0 Å². The molecular weight excluding hydrogens is 333 g/mol. The number of carboxylic acid groups (broad SMARTS) is 1. The number of methoxy groups -OCH3 is 1. The average molecular weight is 349 g/mol. The summed E-state index contributed by atoms with van der Waals surface area (Å²) >= 11 is 0. The standard InChI is InChI=1S/C21H16FNO3/c1-26-20-10-19-16(9-18(20)22)17(21(24)25)12-23(19)11-13-6-7-14-4-2-3-5-15(14)8-13/h2-10,12H,11H2,1H3,(H,24,25). The molecule has 3 aromatic carbocycles. The van der Waals surface area contributed by atoms with E-state index in [1.807, 2.05) is 41.0 Å². The maximum absolute atomic E-state index is 14.0.